The van der Waals surface area contributed by atoms with Gasteiger partial charge < -0.3 is 15.1 Å². The van der Waals surface area contributed by atoms with E-state index in [0.29, 0.717) is 13.1 Å². The van der Waals surface area contributed by atoms with Crippen molar-refractivity contribution < 1.29 is 4.79 Å². The first kappa shape index (κ1) is 13.1. The SMILES string of the molecule is Cc1cc2c(N3CCN4C(=O)NCC4C3)nc(Cl)nc2s1. The van der Waals surface area contributed by atoms with E-state index in [-0.39, 0.29) is 17.4 Å². The average Bonchev–Trinajstić information content (AvgIpc) is 3.00. The van der Waals surface area contributed by atoms with Gasteiger partial charge in [-0.1, -0.05) is 0 Å². The van der Waals surface area contributed by atoms with Crippen molar-refractivity contribution in [1.29, 1.82) is 0 Å². The number of amides is 2. The molecule has 0 aliphatic carbocycles. The van der Waals surface area contributed by atoms with E-state index in [1.54, 1.807) is 11.3 Å². The summed E-state index contributed by atoms with van der Waals surface area (Å²) in [6.45, 7) is 5.00. The first-order chi connectivity index (χ1) is 10.1. The van der Waals surface area contributed by atoms with E-state index >= 15 is 0 Å². The van der Waals surface area contributed by atoms with E-state index in [2.05, 4.69) is 33.2 Å². The van der Waals surface area contributed by atoms with Crippen molar-refractivity contribution in [2.45, 2.75) is 13.0 Å². The second-order valence-corrected chi connectivity index (χ2v) is 6.94. The highest BCUT2D eigenvalue weighted by Gasteiger charge is 2.36. The molecule has 2 aromatic heterocycles. The number of halogens is 1. The third-order valence-corrected chi connectivity index (χ3v) is 5.11. The fourth-order valence-corrected chi connectivity index (χ4v) is 4.13. The molecule has 0 spiro atoms. The van der Waals surface area contributed by atoms with Crippen LogP contribution in [0.15, 0.2) is 6.07 Å². The standard InChI is InChI=1S/C13H14ClN5OS/c1-7-4-9-10(16-12(14)17-11(9)21-7)18-2-3-19-8(6-18)5-15-13(19)20/h4,8H,2-3,5-6H2,1H3,(H,15,20). The van der Waals surface area contributed by atoms with Crippen molar-refractivity contribution in [3.8, 4) is 0 Å². The van der Waals surface area contributed by atoms with E-state index in [9.17, 15) is 4.79 Å². The molecule has 0 saturated carbocycles. The molecule has 1 N–H and O–H groups in total. The molecule has 2 saturated heterocycles. The Morgan fingerprint density at radius 3 is 3.14 bits per heavy atom. The Hall–Kier alpha value is -1.60. The molecule has 2 aliphatic heterocycles. The minimum absolute atomic E-state index is 0.0388. The summed E-state index contributed by atoms with van der Waals surface area (Å²) in [6, 6.07) is 2.35. The molecule has 2 amide bonds. The zero-order chi connectivity index (χ0) is 14.6. The molecule has 8 heteroatoms. The van der Waals surface area contributed by atoms with Crippen LogP contribution >= 0.6 is 22.9 Å². The first-order valence-electron chi connectivity index (χ1n) is 6.85. The van der Waals surface area contributed by atoms with E-state index in [1.165, 1.54) is 4.88 Å². The second-order valence-electron chi connectivity index (χ2n) is 5.37. The van der Waals surface area contributed by atoms with Gasteiger partial charge in [-0.3, -0.25) is 0 Å². The number of hydrogen-bond donors (Lipinski definition) is 1. The highest BCUT2D eigenvalue weighted by molar-refractivity contribution is 7.18. The van der Waals surface area contributed by atoms with E-state index < -0.39 is 0 Å². The van der Waals surface area contributed by atoms with Crippen LogP contribution in [0.25, 0.3) is 10.2 Å². The number of hydrogen-bond acceptors (Lipinski definition) is 5. The Bertz CT molecular complexity index is 733. The molecule has 21 heavy (non-hydrogen) atoms. The Labute approximate surface area is 130 Å². The van der Waals surface area contributed by atoms with Crippen LogP contribution in [-0.4, -0.2) is 53.1 Å². The molecular formula is C13H14ClN5OS. The maximum Gasteiger partial charge on any atom is 0.317 e. The van der Waals surface area contributed by atoms with E-state index in [0.717, 1.165) is 29.1 Å². The van der Waals surface area contributed by atoms with Crippen molar-refractivity contribution in [2.24, 2.45) is 0 Å². The summed E-state index contributed by atoms with van der Waals surface area (Å²) in [5.41, 5.74) is 0. The average molecular weight is 324 g/mol. The van der Waals surface area contributed by atoms with Crippen molar-refractivity contribution in [2.75, 3.05) is 31.1 Å². The van der Waals surface area contributed by atoms with Gasteiger partial charge in [0.25, 0.3) is 0 Å². The van der Waals surface area contributed by atoms with Gasteiger partial charge in [0.1, 0.15) is 10.6 Å². The highest BCUT2D eigenvalue weighted by Crippen LogP contribution is 2.32. The van der Waals surface area contributed by atoms with Gasteiger partial charge in [-0.25, -0.2) is 9.78 Å². The number of nitrogens with one attached hydrogen (secondary N) is 1. The normalized spacial score (nSPS) is 21.8. The molecule has 0 aromatic carbocycles. The Morgan fingerprint density at radius 1 is 1.43 bits per heavy atom. The van der Waals surface area contributed by atoms with Gasteiger partial charge in [-0.05, 0) is 24.6 Å². The zero-order valence-corrected chi connectivity index (χ0v) is 13.0. The molecule has 0 bridgehead atoms. The molecule has 2 aliphatic rings. The third-order valence-electron chi connectivity index (χ3n) is 4.00. The molecular weight excluding hydrogens is 310 g/mol. The quantitative estimate of drug-likeness (QED) is 0.814. The Balaban J connectivity index is 1.72. The number of anilines is 1. The predicted octanol–water partition coefficient (Wildman–Crippen LogP) is 1.87. The van der Waals surface area contributed by atoms with Gasteiger partial charge in [0, 0.05) is 31.1 Å². The number of rotatable bonds is 1. The smallest absolute Gasteiger partial charge is 0.317 e. The lowest BCUT2D eigenvalue weighted by molar-refractivity contribution is 0.197. The fourth-order valence-electron chi connectivity index (χ4n) is 3.04. The summed E-state index contributed by atoms with van der Waals surface area (Å²) in [6.07, 6.45) is 0. The summed E-state index contributed by atoms with van der Waals surface area (Å²) in [4.78, 5) is 26.6. The Kier molecular flexibility index (Phi) is 2.93. The minimum Gasteiger partial charge on any atom is -0.352 e. The molecule has 110 valence electrons. The molecule has 1 atom stereocenters. The third kappa shape index (κ3) is 2.11. The van der Waals surface area contributed by atoms with Gasteiger partial charge in [0.2, 0.25) is 5.28 Å². The fraction of sp³-hybridized carbons (Fsp3) is 0.462. The molecule has 2 aromatic rings. The second kappa shape index (κ2) is 4.71. The molecule has 4 rings (SSSR count). The number of thiophene rings is 1. The number of aromatic nitrogens is 2. The molecule has 2 fully saturated rings. The largest absolute Gasteiger partial charge is 0.352 e. The van der Waals surface area contributed by atoms with Crippen molar-refractivity contribution in [3.63, 3.8) is 0 Å². The number of carbonyl (C=O) groups is 1. The van der Waals surface area contributed by atoms with Crippen molar-refractivity contribution in [1.82, 2.24) is 20.2 Å². The molecule has 6 nitrogen and oxygen atoms in total. The van der Waals surface area contributed by atoms with Gasteiger partial charge >= 0.3 is 6.03 Å². The first-order valence-corrected chi connectivity index (χ1v) is 8.04. The predicted molar refractivity (Wildman–Crippen MR) is 83.3 cm³/mol. The summed E-state index contributed by atoms with van der Waals surface area (Å²) in [5.74, 6) is 0.883. The van der Waals surface area contributed by atoms with Gasteiger partial charge in [0.05, 0.1) is 11.4 Å². The number of carbonyl (C=O) groups excluding carboxylic acids is 1. The van der Waals surface area contributed by atoms with Crippen LogP contribution in [0.2, 0.25) is 5.28 Å². The number of piperazine rings is 1. The Morgan fingerprint density at radius 2 is 2.29 bits per heavy atom. The van der Waals surface area contributed by atoms with E-state index in [4.69, 9.17) is 11.6 Å². The summed E-state index contributed by atoms with van der Waals surface area (Å²) >= 11 is 7.69. The number of aryl methyl sites for hydroxylation is 1. The van der Waals surface area contributed by atoms with Crippen LogP contribution in [0, 0.1) is 6.92 Å². The van der Waals surface area contributed by atoms with Crippen LogP contribution in [0.4, 0.5) is 10.6 Å². The zero-order valence-electron chi connectivity index (χ0n) is 11.5. The highest BCUT2D eigenvalue weighted by atomic mass is 35.5. The lowest BCUT2D eigenvalue weighted by atomic mass is 10.2. The minimum atomic E-state index is 0.0388. The summed E-state index contributed by atoms with van der Waals surface area (Å²) in [5, 5.41) is 4.22. The van der Waals surface area contributed by atoms with Crippen LogP contribution in [0.3, 0.4) is 0 Å². The monoisotopic (exact) mass is 323 g/mol. The maximum absolute atomic E-state index is 11.7. The lowest BCUT2D eigenvalue weighted by Crippen LogP contribution is -2.52. The van der Waals surface area contributed by atoms with Gasteiger partial charge in [-0.2, -0.15) is 4.98 Å². The van der Waals surface area contributed by atoms with Crippen LogP contribution in [0.1, 0.15) is 4.88 Å². The van der Waals surface area contributed by atoms with Crippen molar-refractivity contribution in [3.05, 3.63) is 16.2 Å². The number of urea groups is 1. The summed E-state index contributed by atoms with van der Waals surface area (Å²) in [7, 11) is 0. The van der Waals surface area contributed by atoms with Gasteiger partial charge in [-0.15, -0.1) is 11.3 Å². The van der Waals surface area contributed by atoms with E-state index in [1.807, 2.05) is 4.90 Å². The number of fused-ring (bicyclic) bond motifs is 2. The van der Waals surface area contributed by atoms with Crippen molar-refractivity contribution >= 4 is 45.0 Å². The molecule has 1 unspecified atom stereocenters. The van der Waals surface area contributed by atoms with Gasteiger partial charge in [0.15, 0.2) is 0 Å². The number of nitrogens with zero attached hydrogens (tertiary/aromatic N) is 4. The molecule has 4 heterocycles. The van der Waals surface area contributed by atoms with Crippen LogP contribution < -0.4 is 10.2 Å². The topological polar surface area (TPSA) is 61.4 Å². The molecule has 0 radical (unpaired) electrons. The summed E-state index contributed by atoms with van der Waals surface area (Å²) < 4.78 is 0. The van der Waals surface area contributed by atoms with Crippen LogP contribution in [-0.2, 0) is 0 Å². The maximum atomic E-state index is 11.7. The van der Waals surface area contributed by atoms with Crippen LogP contribution in [0.5, 0.6) is 0 Å². The lowest BCUT2D eigenvalue weighted by Gasteiger charge is -2.37.